The van der Waals surface area contributed by atoms with Gasteiger partial charge in [0, 0.05) is 23.7 Å². The number of rotatable bonds is 12. The quantitative estimate of drug-likeness (QED) is 0.286. The number of nitrogens with one attached hydrogen (secondary N) is 2. The molecule has 1 aliphatic heterocycles. The Morgan fingerprint density at radius 2 is 1.83 bits per heavy atom. The Labute approximate surface area is 208 Å². The van der Waals surface area contributed by atoms with Crippen LogP contribution in [0.2, 0.25) is 5.02 Å². The summed E-state index contributed by atoms with van der Waals surface area (Å²) in [6, 6.07) is 6.87. The zero-order valence-electron chi connectivity index (χ0n) is 19.8. The van der Waals surface area contributed by atoms with Crippen molar-refractivity contribution in [2.45, 2.75) is 32.6 Å². The number of amides is 1. The maximum absolute atomic E-state index is 13.1. The lowest BCUT2D eigenvalue weighted by atomic mass is 9.80. The second-order valence-corrected chi connectivity index (χ2v) is 7.93. The van der Waals surface area contributed by atoms with E-state index in [0.717, 1.165) is 0 Å². The fourth-order valence-electron chi connectivity index (χ4n) is 3.61. The number of aliphatic carboxylic acids is 1. The molecule has 1 aromatic carbocycles. The van der Waals surface area contributed by atoms with E-state index >= 15 is 0 Å². The molecule has 1 atom stereocenters. The largest absolute Gasteiger partial charge is 0.481 e. The summed E-state index contributed by atoms with van der Waals surface area (Å²) < 4.78 is 15.9. The van der Waals surface area contributed by atoms with Gasteiger partial charge in [-0.1, -0.05) is 29.8 Å². The van der Waals surface area contributed by atoms with Crippen LogP contribution in [0.3, 0.4) is 0 Å². The molecule has 1 amide bonds. The number of esters is 2. The normalized spacial score (nSPS) is 15.4. The van der Waals surface area contributed by atoms with Crippen molar-refractivity contribution >= 4 is 35.4 Å². The molecule has 10 nitrogen and oxygen atoms in total. The zero-order valence-corrected chi connectivity index (χ0v) is 20.6. The molecule has 0 saturated carbocycles. The lowest BCUT2D eigenvalue weighted by Gasteiger charge is -2.31. The highest BCUT2D eigenvalue weighted by molar-refractivity contribution is 6.31. The smallest absolute Gasteiger partial charge is 0.336 e. The molecule has 35 heavy (non-hydrogen) atoms. The van der Waals surface area contributed by atoms with Gasteiger partial charge in [0.05, 0.1) is 56.1 Å². The maximum Gasteiger partial charge on any atom is 0.336 e. The van der Waals surface area contributed by atoms with Gasteiger partial charge in [0.25, 0.3) is 0 Å². The third-order valence-electron chi connectivity index (χ3n) is 5.14. The van der Waals surface area contributed by atoms with Gasteiger partial charge in [0.1, 0.15) is 0 Å². The number of methoxy groups -OCH3 is 1. The number of hydrogen-bond acceptors (Lipinski definition) is 8. The molecule has 11 heteroatoms. The number of hydrogen-bond donors (Lipinski definition) is 3. The van der Waals surface area contributed by atoms with E-state index < -0.39 is 29.7 Å². The zero-order chi connectivity index (χ0) is 26.0. The monoisotopic (exact) mass is 508 g/mol. The fraction of sp³-hybridized carbons (Fsp3) is 0.417. The van der Waals surface area contributed by atoms with E-state index in [-0.39, 0.29) is 50.4 Å². The lowest BCUT2D eigenvalue weighted by Crippen LogP contribution is -2.35. The van der Waals surface area contributed by atoms with Gasteiger partial charge in [-0.3, -0.25) is 9.59 Å². The SMILES string of the molecule is CCOC(=O)C1=C(COCCNC(=O)CCC(=O)O)NC(C)=C(C(=O)OC)C1c1ccccc1Cl. The number of carboxylic acids is 1. The lowest BCUT2D eigenvalue weighted by molar-refractivity contribution is -0.139. The first kappa shape index (κ1) is 27.9. The van der Waals surface area contributed by atoms with Crippen LogP contribution in [0.1, 0.15) is 38.2 Å². The van der Waals surface area contributed by atoms with Crippen molar-refractivity contribution in [1.29, 1.82) is 0 Å². The van der Waals surface area contributed by atoms with E-state index in [1.807, 2.05) is 0 Å². The highest BCUT2D eigenvalue weighted by Crippen LogP contribution is 2.41. The van der Waals surface area contributed by atoms with Crippen LogP contribution in [-0.4, -0.2) is 62.4 Å². The van der Waals surface area contributed by atoms with E-state index in [9.17, 15) is 19.2 Å². The third kappa shape index (κ3) is 7.56. The third-order valence-corrected chi connectivity index (χ3v) is 5.49. The highest BCUT2D eigenvalue weighted by atomic mass is 35.5. The van der Waals surface area contributed by atoms with Gasteiger partial charge in [-0.25, -0.2) is 9.59 Å². The van der Waals surface area contributed by atoms with Gasteiger partial charge in [0.15, 0.2) is 0 Å². The van der Waals surface area contributed by atoms with Gasteiger partial charge in [-0.15, -0.1) is 0 Å². The summed E-state index contributed by atoms with van der Waals surface area (Å²) in [6.07, 6.45) is -0.390. The Morgan fingerprint density at radius 3 is 2.46 bits per heavy atom. The van der Waals surface area contributed by atoms with Crippen LogP contribution in [0.15, 0.2) is 46.8 Å². The minimum absolute atomic E-state index is 0.0497. The molecule has 2 rings (SSSR count). The number of carbonyl (C=O) groups excluding carboxylic acids is 3. The molecule has 1 unspecified atom stereocenters. The summed E-state index contributed by atoms with van der Waals surface area (Å²) in [5.74, 6) is -3.57. The summed E-state index contributed by atoms with van der Waals surface area (Å²) in [4.78, 5) is 48.0. The molecular formula is C24H29ClN2O8. The first-order valence-corrected chi connectivity index (χ1v) is 11.4. The van der Waals surface area contributed by atoms with E-state index in [1.54, 1.807) is 38.1 Å². The van der Waals surface area contributed by atoms with Crippen LogP contribution < -0.4 is 10.6 Å². The second-order valence-electron chi connectivity index (χ2n) is 7.52. The van der Waals surface area contributed by atoms with Crippen molar-refractivity contribution in [3.63, 3.8) is 0 Å². The molecular weight excluding hydrogens is 480 g/mol. The van der Waals surface area contributed by atoms with Gasteiger partial charge >= 0.3 is 17.9 Å². The molecule has 190 valence electrons. The summed E-state index contributed by atoms with van der Waals surface area (Å²) in [6.45, 7) is 3.67. The molecule has 1 aliphatic rings. The molecule has 1 heterocycles. The molecule has 0 aromatic heterocycles. The average Bonchev–Trinajstić information content (AvgIpc) is 2.82. The van der Waals surface area contributed by atoms with Crippen LogP contribution in [0.5, 0.6) is 0 Å². The summed E-state index contributed by atoms with van der Waals surface area (Å²) >= 11 is 6.46. The Kier molecular flexibility index (Phi) is 10.8. The maximum atomic E-state index is 13.1. The topological polar surface area (TPSA) is 140 Å². The van der Waals surface area contributed by atoms with E-state index in [2.05, 4.69) is 10.6 Å². The van der Waals surface area contributed by atoms with Crippen LogP contribution in [0.25, 0.3) is 0 Å². The minimum atomic E-state index is -1.05. The van der Waals surface area contributed by atoms with Crippen LogP contribution in [0.4, 0.5) is 0 Å². The second kappa shape index (κ2) is 13.5. The Hall–Kier alpha value is -3.37. The number of halogens is 1. The molecule has 0 saturated heterocycles. The van der Waals surface area contributed by atoms with E-state index in [1.165, 1.54) is 7.11 Å². The average molecular weight is 509 g/mol. The summed E-state index contributed by atoms with van der Waals surface area (Å²) in [7, 11) is 1.25. The highest BCUT2D eigenvalue weighted by Gasteiger charge is 2.39. The van der Waals surface area contributed by atoms with Crippen molar-refractivity contribution in [1.82, 2.24) is 10.6 Å². The predicted molar refractivity (Wildman–Crippen MR) is 126 cm³/mol. The number of benzene rings is 1. The fourth-order valence-corrected chi connectivity index (χ4v) is 3.85. The standard InChI is InChI=1S/C24H29ClN2O8/c1-4-35-24(32)22-17(13-34-12-11-26-18(28)9-10-19(29)30)27-14(2)20(23(31)33-3)21(22)15-7-5-6-8-16(15)25/h5-8,21,27H,4,9-13H2,1-3H3,(H,26,28)(H,29,30). The van der Waals surface area contributed by atoms with Crippen LogP contribution in [0, 0.1) is 0 Å². The Bertz CT molecular complexity index is 1030. The van der Waals surface area contributed by atoms with Crippen molar-refractivity contribution in [2.24, 2.45) is 0 Å². The van der Waals surface area contributed by atoms with Crippen molar-refractivity contribution < 1.29 is 38.5 Å². The molecule has 0 bridgehead atoms. The molecule has 0 radical (unpaired) electrons. The molecule has 1 aromatic rings. The van der Waals surface area contributed by atoms with Crippen molar-refractivity contribution in [2.75, 3.05) is 33.5 Å². The number of dihydropyridines is 1. The Balaban J connectivity index is 2.31. The van der Waals surface area contributed by atoms with Gasteiger partial charge in [-0.2, -0.15) is 0 Å². The van der Waals surface area contributed by atoms with Crippen LogP contribution in [-0.2, 0) is 33.4 Å². The Morgan fingerprint density at radius 1 is 1.11 bits per heavy atom. The molecule has 0 fully saturated rings. The van der Waals surface area contributed by atoms with Crippen molar-refractivity contribution in [3.05, 3.63) is 57.4 Å². The van der Waals surface area contributed by atoms with Crippen LogP contribution >= 0.6 is 11.6 Å². The number of carbonyl (C=O) groups is 4. The molecule has 0 spiro atoms. The molecule has 3 N–H and O–H groups in total. The summed E-state index contributed by atoms with van der Waals surface area (Å²) in [5, 5.41) is 14.6. The number of ether oxygens (including phenoxy) is 3. The van der Waals surface area contributed by atoms with Gasteiger partial charge in [0.2, 0.25) is 5.91 Å². The van der Waals surface area contributed by atoms with Gasteiger partial charge < -0.3 is 30.0 Å². The minimum Gasteiger partial charge on any atom is -0.481 e. The molecule has 0 aliphatic carbocycles. The first-order chi connectivity index (χ1) is 16.7. The number of carboxylic acid groups (broad SMARTS) is 1. The first-order valence-electron chi connectivity index (χ1n) is 11.0. The predicted octanol–water partition coefficient (Wildman–Crippen LogP) is 2.29. The summed E-state index contributed by atoms with van der Waals surface area (Å²) in [5.41, 5.74) is 1.77. The van der Waals surface area contributed by atoms with E-state index in [4.69, 9.17) is 30.9 Å². The number of allylic oxidation sites excluding steroid dienone is 1. The van der Waals surface area contributed by atoms with Gasteiger partial charge in [-0.05, 0) is 25.5 Å². The van der Waals surface area contributed by atoms with Crippen molar-refractivity contribution in [3.8, 4) is 0 Å². The van der Waals surface area contributed by atoms with E-state index in [0.29, 0.717) is 22.0 Å².